The number of rotatable bonds is 8. The Morgan fingerprint density at radius 2 is 1.73 bits per heavy atom. The molecule has 2 aliphatic rings. The third-order valence-corrected chi connectivity index (χ3v) is 8.24. The lowest BCUT2D eigenvalue weighted by molar-refractivity contribution is -0.371. The normalized spacial score (nSPS) is 32.4. The molecule has 0 amide bonds. The van der Waals surface area contributed by atoms with Crippen molar-refractivity contribution in [2.75, 3.05) is 6.61 Å². The monoisotopic (exact) mass is 546 g/mol. The van der Waals surface area contributed by atoms with Crippen molar-refractivity contribution in [1.29, 1.82) is 0 Å². The first kappa shape index (κ1) is 26.4. The van der Waals surface area contributed by atoms with Crippen LogP contribution in [0.15, 0.2) is 15.8 Å². The molecule has 6 atom stereocenters. The third kappa shape index (κ3) is 5.11. The number of nitrogens with zero attached hydrogens (tertiary/aromatic N) is 1. The van der Waals surface area contributed by atoms with E-state index in [1.165, 1.54) is 6.92 Å². The number of hydrogen-bond acceptors (Lipinski definition) is 11. The van der Waals surface area contributed by atoms with E-state index in [1.807, 2.05) is 4.98 Å². The highest BCUT2D eigenvalue weighted by Gasteiger charge is 2.77. The molecule has 2 unspecified atom stereocenters. The molecule has 3 heterocycles. The Kier molecular flexibility index (Phi) is 6.57. The number of halogens is 2. The number of aryl methyl sites for hydroxylation is 1. The standard InChI is InChI=1S/C11H15F2N2O15P3/c1-4-2-15(9(18)14-7(4)17)8-5-6(16)10(28-8,11(12,13)27-5)3-26-32(22,23)30-33(24,25)29-31(19,20)21/h2,5-6,8,16H,3H2,1H3,(H,22,23)(H,24,25)(H,14,17,18)(H2,19,20,21)/t5-,6+,8-,10-/m1/s1. The number of H-pyrrole nitrogens is 1. The van der Waals surface area contributed by atoms with Gasteiger partial charge in [-0.1, -0.05) is 0 Å². The minimum Gasteiger partial charge on any atom is -0.387 e. The fraction of sp³-hybridized carbons (Fsp3) is 0.636. The fourth-order valence-electron chi connectivity index (χ4n) is 3.08. The van der Waals surface area contributed by atoms with Gasteiger partial charge in [-0.2, -0.15) is 17.4 Å². The fourth-order valence-corrected chi connectivity index (χ4v) is 6.13. The van der Waals surface area contributed by atoms with Crippen LogP contribution in [0.25, 0.3) is 0 Å². The van der Waals surface area contributed by atoms with Gasteiger partial charge >= 0.3 is 35.3 Å². The Labute approximate surface area is 179 Å². The summed E-state index contributed by atoms with van der Waals surface area (Å²) in [5.74, 6) is 0. The van der Waals surface area contributed by atoms with Crippen molar-refractivity contribution in [2.24, 2.45) is 0 Å². The summed E-state index contributed by atoms with van der Waals surface area (Å²) < 4.78 is 83.9. The number of aliphatic hydroxyl groups is 1. The zero-order chi connectivity index (χ0) is 25.2. The summed E-state index contributed by atoms with van der Waals surface area (Å²) in [5.41, 5.74) is -5.25. The van der Waals surface area contributed by atoms with Gasteiger partial charge in [-0.15, -0.1) is 0 Å². The number of aliphatic hydroxyl groups excluding tert-OH is 1. The van der Waals surface area contributed by atoms with E-state index in [4.69, 9.17) is 19.4 Å². The predicted octanol–water partition coefficient (Wildman–Crippen LogP) is -1.19. The number of aromatic amines is 1. The number of hydrogen-bond donors (Lipinski definition) is 6. The lowest BCUT2D eigenvalue weighted by Crippen LogP contribution is -2.56. The first-order chi connectivity index (χ1) is 14.8. The van der Waals surface area contributed by atoms with Gasteiger partial charge in [-0.05, 0) is 6.92 Å². The molecule has 0 aromatic carbocycles. The van der Waals surface area contributed by atoms with Crippen molar-refractivity contribution < 1.29 is 69.8 Å². The van der Waals surface area contributed by atoms with E-state index in [0.29, 0.717) is 4.57 Å². The summed E-state index contributed by atoms with van der Waals surface area (Å²) in [4.78, 5) is 61.0. The molecule has 0 saturated carbocycles. The predicted molar refractivity (Wildman–Crippen MR) is 94.6 cm³/mol. The van der Waals surface area contributed by atoms with Crippen LogP contribution in [0.2, 0.25) is 0 Å². The first-order valence-electron chi connectivity index (χ1n) is 8.31. The van der Waals surface area contributed by atoms with Gasteiger partial charge in [0.25, 0.3) is 5.56 Å². The van der Waals surface area contributed by atoms with Crippen LogP contribution in [0, 0.1) is 6.92 Å². The summed E-state index contributed by atoms with van der Waals surface area (Å²) in [6, 6.07) is 0. The topological polar surface area (TPSA) is 253 Å². The summed E-state index contributed by atoms with van der Waals surface area (Å²) >= 11 is 0. The Hall–Kier alpha value is -1.17. The second-order valence-electron chi connectivity index (χ2n) is 6.79. The number of nitrogens with one attached hydrogen (secondary N) is 1. The van der Waals surface area contributed by atoms with Crippen LogP contribution in [0.3, 0.4) is 0 Å². The summed E-state index contributed by atoms with van der Waals surface area (Å²) in [7, 11) is -17.5. The maximum Gasteiger partial charge on any atom is 0.490 e. The van der Waals surface area contributed by atoms with Crippen molar-refractivity contribution >= 4 is 23.5 Å². The van der Waals surface area contributed by atoms with Gasteiger partial charge in [0, 0.05) is 11.8 Å². The van der Waals surface area contributed by atoms with Crippen LogP contribution < -0.4 is 11.2 Å². The number of ether oxygens (including phenoxy) is 2. The molecule has 2 aliphatic heterocycles. The molecule has 33 heavy (non-hydrogen) atoms. The molecule has 0 spiro atoms. The molecular formula is C11H15F2N2O15P3. The van der Waals surface area contributed by atoms with Gasteiger partial charge in [0.05, 0.1) is 6.61 Å². The quantitative estimate of drug-likeness (QED) is 0.210. The van der Waals surface area contributed by atoms with E-state index in [-0.39, 0.29) is 5.56 Å². The highest BCUT2D eigenvalue weighted by molar-refractivity contribution is 7.66. The highest BCUT2D eigenvalue weighted by atomic mass is 31.3. The van der Waals surface area contributed by atoms with Crippen LogP contribution in [0.1, 0.15) is 11.8 Å². The Morgan fingerprint density at radius 3 is 2.30 bits per heavy atom. The maximum atomic E-state index is 14.4. The molecule has 1 aromatic heterocycles. The molecule has 0 radical (unpaired) electrons. The van der Waals surface area contributed by atoms with E-state index in [2.05, 4.69) is 17.9 Å². The zero-order valence-corrected chi connectivity index (χ0v) is 18.6. The van der Waals surface area contributed by atoms with Crippen LogP contribution >= 0.6 is 23.5 Å². The number of aromatic nitrogens is 2. The van der Waals surface area contributed by atoms with Crippen molar-refractivity contribution in [3.05, 3.63) is 32.6 Å². The summed E-state index contributed by atoms with van der Waals surface area (Å²) in [6.45, 7) is -0.492. The molecular weight excluding hydrogens is 531 g/mol. The molecule has 1 aromatic rings. The van der Waals surface area contributed by atoms with E-state index in [9.17, 15) is 42.1 Å². The van der Waals surface area contributed by atoms with E-state index in [0.717, 1.165) is 6.20 Å². The van der Waals surface area contributed by atoms with Crippen molar-refractivity contribution in [3.63, 3.8) is 0 Å². The first-order valence-corrected chi connectivity index (χ1v) is 12.8. The van der Waals surface area contributed by atoms with E-state index in [1.54, 1.807) is 0 Å². The van der Waals surface area contributed by atoms with Crippen molar-refractivity contribution in [1.82, 2.24) is 9.55 Å². The van der Waals surface area contributed by atoms with Gasteiger partial charge in [0.1, 0.15) is 12.2 Å². The minimum absolute atomic E-state index is 0.0514. The van der Waals surface area contributed by atoms with Crippen molar-refractivity contribution in [2.45, 2.75) is 37.1 Å². The molecule has 22 heteroatoms. The number of phosphoric ester groups is 1. The summed E-state index contributed by atoms with van der Waals surface area (Å²) in [5, 5.41) is 10.3. The SMILES string of the molecule is Cc1cn([C@@H]2O[C@]3(COP(=O)(O)OP(=O)(O)OP(=O)(O)O)[C@@H](O)[C@H]2OC3(F)F)c(=O)[nH]c1=O. The number of alkyl halides is 2. The molecule has 2 bridgehead atoms. The number of fused-ring (bicyclic) bond motifs is 2. The third-order valence-electron chi connectivity index (χ3n) is 4.46. The minimum atomic E-state index is -5.94. The molecule has 6 N–H and O–H groups in total. The molecule has 0 aliphatic carbocycles. The Bertz CT molecular complexity index is 1210. The van der Waals surface area contributed by atoms with Gasteiger partial charge < -0.3 is 34.2 Å². The zero-order valence-electron chi connectivity index (χ0n) is 15.9. The lowest BCUT2D eigenvalue weighted by Gasteiger charge is -2.36. The van der Waals surface area contributed by atoms with Gasteiger partial charge in [0.2, 0.25) is 5.60 Å². The second-order valence-corrected chi connectivity index (χ2v) is 11.2. The Balaban J connectivity index is 1.86. The van der Waals surface area contributed by atoms with Gasteiger partial charge in [-0.25, -0.2) is 18.5 Å². The molecule has 17 nitrogen and oxygen atoms in total. The van der Waals surface area contributed by atoms with Crippen LogP contribution in [-0.2, 0) is 36.3 Å². The molecule has 188 valence electrons. The second kappa shape index (κ2) is 8.20. The molecule has 3 rings (SSSR count). The van der Waals surface area contributed by atoms with Gasteiger partial charge in [-0.3, -0.25) is 18.9 Å². The molecule has 2 saturated heterocycles. The highest BCUT2D eigenvalue weighted by Crippen LogP contribution is 2.67. The van der Waals surface area contributed by atoms with E-state index < -0.39 is 71.5 Å². The van der Waals surface area contributed by atoms with E-state index >= 15 is 0 Å². The average Bonchev–Trinajstić information content (AvgIpc) is 2.96. The number of phosphoric acid groups is 3. The summed E-state index contributed by atoms with van der Waals surface area (Å²) in [6.07, 6.45) is -9.54. The lowest BCUT2D eigenvalue weighted by atomic mass is 9.98. The van der Waals surface area contributed by atoms with Crippen LogP contribution in [-0.4, -0.2) is 64.8 Å². The van der Waals surface area contributed by atoms with Crippen molar-refractivity contribution in [3.8, 4) is 0 Å². The van der Waals surface area contributed by atoms with Crippen LogP contribution in [0.4, 0.5) is 8.78 Å². The average molecular weight is 546 g/mol. The van der Waals surface area contributed by atoms with Gasteiger partial charge in [0.15, 0.2) is 6.23 Å². The smallest absolute Gasteiger partial charge is 0.387 e. The van der Waals surface area contributed by atoms with Crippen LogP contribution in [0.5, 0.6) is 0 Å². The maximum absolute atomic E-state index is 14.4. The largest absolute Gasteiger partial charge is 0.490 e. The molecule has 2 fully saturated rings. The Morgan fingerprint density at radius 1 is 1.12 bits per heavy atom.